The first-order valence-electron chi connectivity index (χ1n) is 2.92. The van der Waals surface area contributed by atoms with Gasteiger partial charge in [0.2, 0.25) is 0 Å². The molecule has 0 saturated heterocycles. The third kappa shape index (κ3) is 8.42. The van der Waals surface area contributed by atoms with E-state index in [1.807, 2.05) is 25.1 Å². The summed E-state index contributed by atoms with van der Waals surface area (Å²) in [4.78, 5) is 12.5. The molecule has 0 unspecified atom stereocenters. The van der Waals surface area contributed by atoms with E-state index in [2.05, 4.69) is 4.98 Å². The lowest BCUT2D eigenvalue weighted by Crippen LogP contribution is -1.81. The SMILES string of the molecule is Cc1ccccn1.O=C(O)O. The topological polar surface area (TPSA) is 70.4 Å². The van der Waals surface area contributed by atoms with Crippen LogP contribution in [0.1, 0.15) is 5.69 Å². The largest absolute Gasteiger partial charge is 0.503 e. The zero-order chi connectivity index (χ0) is 8.69. The molecule has 0 bridgehead atoms. The van der Waals surface area contributed by atoms with Gasteiger partial charge in [-0.1, -0.05) is 6.07 Å². The van der Waals surface area contributed by atoms with Crippen LogP contribution in [-0.2, 0) is 0 Å². The van der Waals surface area contributed by atoms with Crippen molar-refractivity contribution in [3.63, 3.8) is 0 Å². The fraction of sp³-hybridized carbons (Fsp3) is 0.143. The second kappa shape index (κ2) is 5.22. The Labute approximate surface area is 64.1 Å². The van der Waals surface area contributed by atoms with Gasteiger partial charge in [0.1, 0.15) is 0 Å². The van der Waals surface area contributed by atoms with Gasteiger partial charge in [0.25, 0.3) is 0 Å². The molecule has 60 valence electrons. The summed E-state index contributed by atoms with van der Waals surface area (Å²) >= 11 is 0. The Morgan fingerprint density at radius 1 is 1.45 bits per heavy atom. The van der Waals surface area contributed by atoms with E-state index in [0.717, 1.165) is 5.69 Å². The predicted octanol–water partition coefficient (Wildman–Crippen LogP) is 1.61. The molecule has 0 spiro atoms. The van der Waals surface area contributed by atoms with Crippen molar-refractivity contribution >= 4 is 6.16 Å². The second-order valence-electron chi connectivity index (χ2n) is 1.75. The van der Waals surface area contributed by atoms with Crippen LogP contribution in [0.15, 0.2) is 24.4 Å². The number of nitrogens with zero attached hydrogens (tertiary/aromatic N) is 1. The number of hydrogen-bond donors (Lipinski definition) is 2. The van der Waals surface area contributed by atoms with Gasteiger partial charge in [-0.25, -0.2) is 4.79 Å². The molecule has 11 heavy (non-hydrogen) atoms. The molecule has 0 aliphatic heterocycles. The number of hydrogen-bond acceptors (Lipinski definition) is 2. The van der Waals surface area contributed by atoms with Crippen molar-refractivity contribution in [3.05, 3.63) is 30.1 Å². The summed E-state index contributed by atoms with van der Waals surface area (Å²) < 4.78 is 0. The molecule has 0 radical (unpaired) electrons. The van der Waals surface area contributed by atoms with Crippen molar-refractivity contribution in [2.45, 2.75) is 6.92 Å². The Morgan fingerprint density at radius 2 is 2.00 bits per heavy atom. The highest BCUT2D eigenvalue weighted by Crippen LogP contribution is 1.85. The number of rotatable bonds is 0. The Balaban J connectivity index is 0.000000218. The maximum atomic E-state index is 8.56. The minimum absolute atomic E-state index is 1.07. The van der Waals surface area contributed by atoms with E-state index < -0.39 is 6.16 Å². The van der Waals surface area contributed by atoms with Crippen LogP contribution < -0.4 is 0 Å². The van der Waals surface area contributed by atoms with Crippen LogP contribution in [0.4, 0.5) is 4.79 Å². The molecule has 0 atom stereocenters. The van der Waals surface area contributed by atoms with Crippen molar-refractivity contribution in [1.29, 1.82) is 0 Å². The van der Waals surface area contributed by atoms with Crippen LogP contribution in [0.3, 0.4) is 0 Å². The minimum Gasteiger partial charge on any atom is -0.450 e. The average molecular weight is 155 g/mol. The number of aromatic nitrogens is 1. The van der Waals surface area contributed by atoms with Crippen LogP contribution in [-0.4, -0.2) is 21.4 Å². The highest BCUT2D eigenvalue weighted by molar-refractivity contribution is 5.53. The predicted molar refractivity (Wildman–Crippen MR) is 39.6 cm³/mol. The number of pyridine rings is 1. The number of aryl methyl sites for hydroxylation is 1. The maximum Gasteiger partial charge on any atom is 0.503 e. The van der Waals surface area contributed by atoms with Crippen LogP contribution >= 0.6 is 0 Å². The molecule has 4 heteroatoms. The minimum atomic E-state index is -1.83. The highest BCUT2D eigenvalue weighted by Gasteiger charge is 1.73. The standard InChI is InChI=1S/C6H7N.CH2O3/c1-6-4-2-3-5-7-6;2-1(3)4/h2-5H,1H3;(H2,2,3,4). The average Bonchev–Trinajstić information content (AvgIpc) is 1.87. The summed E-state index contributed by atoms with van der Waals surface area (Å²) in [5.41, 5.74) is 1.07. The molecule has 0 aliphatic rings. The fourth-order valence-corrected chi connectivity index (χ4v) is 0.448. The van der Waals surface area contributed by atoms with Crippen molar-refractivity contribution in [1.82, 2.24) is 4.98 Å². The second-order valence-corrected chi connectivity index (χ2v) is 1.75. The first-order chi connectivity index (χ1) is 5.13. The van der Waals surface area contributed by atoms with Crippen molar-refractivity contribution in [3.8, 4) is 0 Å². The lowest BCUT2D eigenvalue weighted by Gasteiger charge is -1.82. The molecular formula is C7H9NO3. The van der Waals surface area contributed by atoms with Gasteiger partial charge >= 0.3 is 6.16 Å². The normalized spacial score (nSPS) is 7.73. The summed E-state index contributed by atoms with van der Waals surface area (Å²) in [5, 5.41) is 13.9. The summed E-state index contributed by atoms with van der Waals surface area (Å²) in [6, 6.07) is 5.86. The summed E-state index contributed by atoms with van der Waals surface area (Å²) in [5.74, 6) is 0. The van der Waals surface area contributed by atoms with E-state index in [-0.39, 0.29) is 0 Å². The van der Waals surface area contributed by atoms with E-state index in [4.69, 9.17) is 15.0 Å². The monoisotopic (exact) mass is 155 g/mol. The first-order valence-corrected chi connectivity index (χ1v) is 2.92. The third-order valence-corrected chi connectivity index (χ3v) is 0.813. The first kappa shape index (κ1) is 9.42. The number of carbonyl (C=O) groups is 1. The van der Waals surface area contributed by atoms with E-state index in [1.54, 1.807) is 6.20 Å². The van der Waals surface area contributed by atoms with Crippen LogP contribution in [0, 0.1) is 6.92 Å². The Morgan fingerprint density at radius 3 is 2.18 bits per heavy atom. The van der Waals surface area contributed by atoms with Crippen LogP contribution in [0.5, 0.6) is 0 Å². The summed E-state index contributed by atoms with van der Waals surface area (Å²) in [7, 11) is 0. The molecule has 0 aromatic carbocycles. The molecule has 1 aromatic heterocycles. The van der Waals surface area contributed by atoms with E-state index in [0.29, 0.717) is 0 Å². The van der Waals surface area contributed by atoms with Gasteiger partial charge in [-0.3, -0.25) is 4.98 Å². The lowest BCUT2D eigenvalue weighted by atomic mass is 10.4. The summed E-state index contributed by atoms with van der Waals surface area (Å²) in [6.45, 7) is 1.97. The molecule has 2 N–H and O–H groups in total. The molecule has 1 rings (SSSR count). The van der Waals surface area contributed by atoms with Gasteiger partial charge in [-0.15, -0.1) is 0 Å². The van der Waals surface area contributed by atoms with Crippen LogP contribution in [0.2, 0.25) is 0 Å². The van der Waals surface area contributed by atoms with Crippen molar-refractivity contribution in [2.75, 3.05) is 0 Å². The van der Waals surface area contributed by atoms with Gasteiger partial charge in [-0.2, -0.15) is 0 Å². The van der Waals surface area contributed by atoms with E-state index in [1.165, 1.54) is 0 Å². The summed E-state index contributed by atoms with van der Waals surface area (Å²) in [6.07, 6.45) is -0.0463. The third-order valence-electron chi connectivity index (χ3n) is 0.813. The van der Waals surface area contributed by atoms with E-state index in [9.17, 15) is 0 Å². The molecule has 4 nitrogen and oxygen atoms in total. The zero-order valence-electron chi connectivity index (χ0n) is 6.06. The molecule has 0 amide bonds. The Bertz CT molecular complexity index is 206. The van der Waals surface area contributed by atoms with Crippen molar-refractivity contribution < 1.29 is 15.0 Å². The lowest BCUT2D eigenvalue weighted by molar-refractivity contribution is 0.137. The van der Waals surface area contributed by atoms with Gasteiger partial charge in [0.15, 0.2) is 0 Å². The number of carboxylic acid groups (broad SMARTS) is 2. The molecular weight excluding hydrogens is 146 g/mol. The smallest absolute Gasteiger partial charge is 0.450 e. The van der Waals surface area contributed by atoms with Gasteiger partial charge in [0, 0.05) is 11.9 Å². The van der Waals surface area contributed by atoms with Crippen LogP contribution in [0.25, 0.3) is 0 Å². The van der Waals surface area contributed by atoms with Gasteiger partial charge in [0.05, 0.1) is 0 Å². The maximum absolute atomic E-state index is 8.56. The zero-order valence-corrected chi connectivity index (χ0v) is 6.06. The molecule has 0 saturated carbocycles. The quantitative estimate of drug-likeness (QED) is 0.597. The molecule has 1 aromatic rings. The molecule has 1 heterocycles. The molecule has 0 aliphatic carbocycles. The Hall–Kier alpha value is -1.58. The van der Waals surface area contributed by atoms with Crippen molar-refractivity contribution in [2.24, 2.45) is 0 Å². The van der Waals surface area contributed by atoms with Gasteiger partial charge in [-0.05, 0) is 19.1 Å². The highest BCUT2D eigenvalue weighted by atomic mass is 16.6. The Kier molecular flexibility index (Phi) is 4.47. The fourth-order valence-electron chi connectivity index (χ4n) is 0.448. The molecule has 0 fully saturated rings. The van der Waals surface area contributed by atoms with Gasteiger partial charge < -0.3 is 10.2 Å². The van der Waals surface area contributed by atoms with E-state index >= 15 is 0 Å².